The van der Waals surface area contributed by atoms with Gasteiger partial charge in [0.25, 0.3) is 0 Å². The van der Waals surface area contributed by atoms with Crippen molar-refractivity contribution in [3.05, 3.63) is 72.1 Å². The van der Waals surface area contributed by atoms with Crippen molar-refractivity contribution in [1.29, 1.82) is 0 Å². The number of halogens is 1. The summed E-state index contributed by atoms with van der Waals surface area (Å²) in [6, 6.07) is 18.3. The topological polar surface area (TPSA) is 42.7 Å². The monoisotopic (exact) mass is 362 g/mol. The van der Waals surface area contributed by atoms with Crippen LogP contribution in [0.15, 0.2) is 67.1 Å². The molecule has 4 rings (SSSR count). The van der Waals surface area contributed by atoms with Gasteiger partial charge in [0, 0.05) is 28.5 Å². The highest BCUT2D eigenvalue weighted by Gasteiger charge is 2.17. The average molecular weight is 363 g/mol. The first-order valence-electron chi connectivity index (χ1n) is 8.57. The van der Waals surface area contributed by atoms with Gasteiger partial charge in [-0.05, 0) is 37.6 Å². The number of benzene rings is 2. The number of nitrogens with one attached hydrogen (secondary N) is 1. The van der Waals surface area contributed by atoms with Crippen molar-refractivity contribution in [2.75, 3.05) is 5.32 Å². The van der Waals surface area contributed by atoms with Crippen LogP contribution in [0.2, 0.25) is 5.02 Å². The largest absolute Gasteiger partial charge is 0.367 e. The SMILES string of the molecule is CC(C)Nc1ncnc2c1c(-c1ccccc1)cn2-c1cccc(Cl)c1. The van der Waals surface area contributed by atoms with Crippen LogP contribution in [0.3, 0.4) is 0 Å². The standard InChI is InChI=1S/C21H19ClN4/c1-14(2)25-20-19-18(15-7-4-3-5-8-15)12-26(21(19)24-13-23-20)17-10-6-9-16(22)11-17/h3-14H,1-2H3,(H,23,24,25). The molecule has 2 aromatic carbocycles. The van der Waals surface area contributed by atoms with Crippen molar-refractivity contribution < 1.29 is 0 Å². The second-order valence-corrected chi connectivity index (χ2v) is 6.92. The van der Waals surface area contributed by atoms with Crippen molar-refractivity contribution >= 4 is 28.5 Å². The van der Waals surface area contributed by atoms with Gasteiger partial charge in [0.05, 0.1) is 5.39 Å². The van der Waals surface area contributed by atoms with E-state index in [1.807, 2.05) is 42.5 Å². The fourth-order valence-electron chi connectivity index (χ4n) is 3.10. The van der Waals surface area contributed by atoms with E-state index in [0.717, 1.165) is 33.7 Å². The lowest BCUT2D eigenvalue weighted by molar-refractivity contribution is 0.890. The molecule has 0 unspecified atom stereocenters. The highest BCUT2D eigenvalue weighted by Crippen LogP contribution is 2.35. The molecule has 0 bridgehead atoms. The van der Waals surface area contributed by atoms with E-state index in [2.05, 4.69) is 52.0 Å². The van der Waals surface area contributed by atoms with Crippen molar-refractivity contribution in [3.8, 4) is 16.8 Å². The molecule has 0 spiro atoms. The van der Waals surface area contributed by atoms with Crippen molar-refractivity contribution in [2.24, 2.45) is 0 Å². The highest BCUT2D eigenvalue weighted by atomic mass is 35.5. The fraction of sp³-hybridized carbons (Fsp3) is 0.143. The molecule has 2 aromatic heterocycles. The fourth-order valence-corrected chi connectivity index (χ4v) is 3.29. The van der Waals surface area contributed by atoms with E-state index < -0.39 is 0 Å². The molecule has 2 heterocycles. The maximum atomic E-state index is 6.21. The van der Waals surface area contributed by atoms with Crippen LogP contribution in [0.1, 0.15) is 13.8 Å². The van der Waals surface area contributed by atoms with Crippen LogP contribution in [0.25, 0.3) is 27.8 Å². The molecule has 4 aromatic rings. The minimum absolute atomic E-state index is 0.270. The molecule has 1 N–H and O–H groups in total. The van der Waals surface area contributed by atoms with E-state index in [0.29, 0.717) is 5.02 Å². The maximum absolute atomic E-state index is 6.21. The number of aromatic nitrogens is 3. The first kappa shape index (κ1) is 16.6. The average Bonchev–Trinajstić information content (AvgIpc) is 3.03. The Kier molecular flexibility index (Phi) is 4.35. The number of rotatable bonds is 4. The molecule has 0 radical (unpaired) electrons. The third kappa shape index (κ3) is 3.04. The molecule has 5 heteroatoms. The molecular formula is C21H19ClN4. The van der Waals surface area contributed by atoms with Crippen LogP contribution >= 0.6 is 11.6 Å². The molecule has 0 aliphatic heterocycles. The summed E-state index contributed by atoms with van der Waals surface area (Å²) < 4.78 is 2.07. The Labute approximate surface area is 157 Å². The Morgan fingerprint density at radius 1 is 1.00 bits per heavy atom. The summed E-state index contributed by atoms with van der Waals surface area (Å²) in [7, 11) is 0. The van der Waals surface area contributed by atoms with Gasteiger partial charge in [-0.2, -0.15) is 0 Å². The zero-order valence-electron chi connectivity index (χ0n) is 14.6. The van der Waals surface area contributed by atoms with Crippen LogP contribution in [0.5, 0.6) is 0 Å². The summed E-state index contributed by atoms with van der Waals surface area (Å²) in [5.41, 5.74) is 4.03. The Morgan fingerprint density at radius 3 is 2.54 bits per heavy atom. The lowest BCUT2D eigenvalue weighted by Gasteiger charge is -2.11. The molecule has 4 nitrogen and oxygen atoms in total. The summed E-state index contributed by atoms with van der Waals surface area (Å²) in [6.07, 6.45) is 3.70. The van der Waals surface area contributed by atoms with Gasteiger partial charge in [0.2, 0.25) is 0 Å². The Morgan fingerprint density at radius 2 is 1.81 bits per heavy atom. The first-order valence-corrected chi connectivity index (χ1v) is 8.95. The number of nitrogens with zero attached hydrogens (tertiary/aromatic N) is 3. The molecule has 0 saturated heterocycles. The lowest BCUT2D eigenvalue weighted by Crippen LogP contribution is -2.11. The number of hydrogen-bond donors (Lipinski definition) is 1. The molecule has 0 saturated carbocycles. The zero-order chi connectivity index (χ0) is 18.1. The van der Waals surface area contributed by atoms with Gasteiger partial charge in [-0.25, -0.2) is 9.97 Å². The predicted molar refractivity (Wildman–Crippen MR) is 108 cm³/mol. The van der Waals surface area contributed by atoms with Gasteiger partial charge in [-0.15, -0.1) is 0 Å². The van der Waals surface area contributed by atoms with Crippen molar-refractivity contribution in [3.63, 3.8) is 0 Å². The first-order chi connectivity index (χ1) is 12.6. The van der Waals surface area contributed by atoms with Crippen LogP contribution in [-0.4, -0.2) is 20.6 Å². The van der Waals surface area contributed by atoms with Crippen molar-refractivity contribution in [1.82, 2.24) is 14.5 Å². The zero-order valence-corrected chi connectivity index (χ0v) is 15.4. The minimum atomic E-state index is 0.270. The second-order valence-electron chi connectivity index (χ2n) is 6.48. The smallest absolute Gasteiger partial charge is 0.150 e. The van der Waals surface area contributed by atoms with Gasteiger partial charge in [0.1, 0.15) is 12.1 Å². The van der Waals surface area contributed by atoms with Gasteiger partial charge in [0.15, 0.2) is 5.65 Å². The molecule has 0 aliphatic carbocycles. The minimum Gasteiger partial charge on any atom is -0.367 e. The molecular weight excluding hydrogens is 344 g/mol. The third-order valence-electron chi connectivity index (χ3n) is 4.18. The number of hydrogen-bond acceptors (Lipinski definition) is 3. The second kappa shape index (κ2) is 6.81. The number of anilines is 1. The Bertz CT molecular complexity index is 1050. The summed E-state index contributed by atoms with van der Waals surface area (Å²) in [4.78, 5) is 9.07. The van der Waals surface area contributed by atoms with Crippen LogP contribution in [-0.2, 0) is 0 Å². The van der Waals surface area contributed by atoms with Gasteiger partial charge in [-0.1, -0.05) is 48.0 Å². The van der Waals surface area contributed by atoms with E-state index >= 15 is 0 Å². The normalized spacial score (nSPS) is 11.2. The lowest BCUT2D eigenvalue weighted by atomic mass is 10.1. The van der Waals surface area contributed by atoms with Gasteiger partial charge < -0.3 is 9.88 Å². The van der Waals surface area contributed by atoms with E-state index in [1.54, 1.807) is 6.33 Å². The van der Waals surface area contributed by atoms with Crippen LogP contribution in [0.4, 0.5) is 5.82 Å². The maximum Gasteiger partial charge on any atom is 0.150 e. The van der Waals surface area contributed by atoms with Crippen LogP contribution < -0.4 is 5.32 Å². The quantitative estimate of drug-likeness (QED) is 0.516. The van der Waals surface area contributed by atoms with E-state index in [-0.39, 0.29) is 6.04 Å². The van der Waals surface area contributed by atoms with Crippen molar-refractivity contribution in [2.45, 2.75) is 19.9 Å². The Balaban J connectivity index is 2.03. The summed E-state index contributed by atoms with van der Waals surface area (Å²) in [5.74, 6) is 0.838. The summed E-state index contributed by atoms with van der Waals surface area (Å²) >= 11 is 6.21. The van der Waals surface area contributed by atoms with E-state index in [4.69, 9.17) is 11.6 Å². The highest BCUT2D eigenvalue weighted by molar-refractivity contribution is 6.30. The number of fused-ring (bicyclic) bond motifs is 1. The summed E-state index contributed by atoms with van der Waals surface area (Å²) in [5, 5.41) is 5.15. The van der Waals surface area contributed by atoms with E-state index in [1.165, 1.54) is 0 Å². The summed E-state index contributed by atoms with van der Waals surface area (Å²) in [6.45, 7) is 4.20. The molecule has 130 valence electrons. The Hall–Kier alpha value is -2.85. The predicted octanol–water partition coefficient (Wildman–Crippen LogP) is 5.56. The molecule has 0 atom stereocenters. The van der Waals surface area contributed by atoms with E-state index in [9.17, 15) is 0 Å². The van der Waals surface area contributed by atoms with Gasteiger partial charge in [-0.3, -0.25) is 0 Å². The van der Waals surface area contributed by atoms with Crippen LogP contribution in [0, 0.1) is 0 Å². The van der Waals surface area contributed by atoms with Gasteiger partial charge >= 0.3 is 0 Å². The molecule has 0 fully saturated rings. The molecule has 0 amide bonds. The molecule has 0 aliphatic rings. The third-order valence-corrected chi connectivity index (χ3v) is 4.41. The molecule has 26 heavy (non-hydrogen) atoms.